The minimum absolute atomic E-state index is 0.700. The van der Waals surface area contributed by atoms with Gasteiger partial charge in [-0.05, 0) is 25.1 Å². The van der Waals surface area contributed by atoms with E-state index in [-0.39, 0.29) is 0 Å². The molecule has 0 saturated heterocycles. The molecule has 0 amide bonds. The van der Waals surface area contributed by atoms with Crippen molar-refractivity contribution in [2.75, 3.05) is 0 Å². The van der Waals surface area contributed by atoms with Gasteiger partial charge in [0.2, 0.25) is 0 Å². The zero-order chi connectivity index (χ0) is 11.1. The summed E-state index contributed by atoms with van der Waals surface area (Å²) >= 11 is 0. The molecule has 0 fully saturated rings. The Balaban J connectivity index is 2.57. The van der Waals surface area contributed by atoms with E-state index in [1.807, 2.05) is 12.1 Å². The van der Waals surface area contributed by atoms with Gasteiger partial charge in [0.15, 0.2) is 0 Å². The summed E-state index contributed by atoms with van der Waals surface area (Å²) in [5.41, 5.74) is 3.95. The molecule has 2 heteroatoms. The Hall–Kier alpha value is -2.27. The molecule has 1 N–H and O–H groups in total. The topological polar surface area (TPSA) is 39.6 Å². The number of aromatic amines is 1. The Bertz CT molecular complexity index is 729. The van der Waals surface area contributed by atoms with Crippen LogP contribution in [-0.2, 0) is 0 Å². The number of H-pyrrole nitrogens is 1. The lowest BCUT2D eigenvalue weighted by molar-refractivity contribution is 1.46. The van der Waals surface area contributed by atoms with Crippen LogP contribution >= 0.6 is 0 Å². The SMILES string of the molecule is Cc1ccc2[nH]c3c(C#N)cccc3c2c1. The van der Waals surface area contributed by atoms with Gasteiger partial charge in [0.1, 0.15) is 6.07 Å². The number of benzene rings is 2. The van der Waals surface area contributed by atoms with Crippen LogP contribution in [0, 0.1) is 18.3 Å². The van der Waals surface area contributed by atoms with Gasteiger partial charge in [0.05, 0.1) is 11.1 Å². The lowest BCUT2D eigenvalue weighted by atomic mass is 10.1. The molecule has 0 unspecified atom stereocenters. The number of nitrogens with one attached hydrogen (secondary N) is 1. The Morgan fingerprint density at radius 1 is 1.12 bits per heavy atom. The molecule has 0 bridgehead atoms. The number of aryl methyl sites for hydroxylation is 1. The summed E-state index contributed by atoms with van der Waals surface area (Å²) in [7, 11) is 0. The maximum atomic E-state index is 9.05. The molecule has 3 rings (SSSR count). The molecular weight excluding hydrogens is 196 g/mol. The largest absolute Gasteiger partial charge is 0.353 e. The van der Waals surface area contributed by atoms with Gasteiger partial charge in [0, 0.05) is 16.3 Å². The number of fused-ring (bicyclic) bond motifs is 3. The second-order valence-corrected chi connectivity index (χ2v) is 4.01. The van der Waals surface area contributed by atoms with Gasteiger partial charge in [-0.2, -0.15) is 5.26 Å². The van der Waals surface area contributed by atoms with Crippen LogP contribution in [-0.4, -0.2) is 4.98 Å². The van der Waals surface area contributed by atoms with E-state index >= 15 is 0 Å². The molecular formula is C14H10N2. The van der Waals surface area contributed by atoms with Crippen molar-refractivity contribution in [2.24, 2.45) is 0 Å². The fourth-order valence-electron chi connectivity index (χ4n) is 2.13. The molecule has 16 heavy (non-hydrogen) atoms. The summed E-state index contributed by atoms with van der Waals surface area (Å²) in [4.78, 5) is 3.30. The van der Waals surface area contributed by atoms with Crippen LogP contribution in [0.1, 0.15) is 11.1 Å². The van der Waals surface area contributed by atoms with Gasteiger partial charge >= 0.3 is 0 Å². The third-order valence-electron chi connectivity index (χ3n) is 2.91. The predicted octanol–water partition coefficient (Wildman–Crippen LogP) is 3.50. The molecule has 0 saturated carbocycles. The summed E-state index contributed by atoms with van der Waals surface area (Å²) in [6.45, 7) is 2.08. The molecule has 2 nitrogen and oxygen atoms in total. The highest BCUT2D eigenvalue weighted by Crippen LogP contribution is 2.27. The van der Waals surface area contributed by atoms with Crippen LogP contribution in [0.2, 0.25) is 0 Å². The van der Waals surface area contributed by atoms with Crippen molar-refractivity contribution in [3.05, 3.63) is 47.5 Å². The second kappa shape index (κ2) is 3.11. The van der Waals surface area contributed by atoms with Crippen molar-refractivity contribution in [2.45, 2.75) is 6.92 Å². The minimum Gasteiger partial charge on any atom is -0.353 e. The molecule has 3 aromatic rings. The Labute approximate surface area is 93.1 Å². The average Bonchev–Trinajstić information content (AvgIpc) is 2.67. The highest BCUT2D eigenvalue weighted by atomic mass is 14.7. The third-order valence-corrected chi connectivity index (χ3v) is 2.91. The maximum absolute atomic E-state index is 9.05. The molecule has 1 heterocycles. The molecule has 2 aromatic carbocycles. The Morgan fingerprint density at radius 3 is 2.81 bits per heavy atom. The molecule has 0 spiro atoms. The number of hydrogen-bond acceptors (Lipinski definition) is 1. The van der Waals surface area contributed by atoms with Crippen molar-refractivity contribution >= 4 is 21.8 Å². The van der Waals surface area contributed by atoms with Crippen molar-refractivity contribution in [3.63, 3.8) is 0 Å². The number of nitrogens with zero attached hydrogens (tertiary/aromatic N) is 1. The first kappa shape index (κ1) is 8.99. The van der Waals surface area contributed by atoms with Gasteiger partial charge in [-0.25, -0.2) is 0 Å². The van der Waals surface area contributed by atoms with Crippen molar-refractivity contribution in [3.8, 4) is 6.07 Å². The van der Waals surface area contributed by atoms with E-state index in [4.69, 9.17) is 5.26 Å². The van der Waals surface area contributed by atoms with Crippen LogP contribution < -0.4 is 0 Å². The van der Waals surface area contributed by atoms with Gasteiger partial charge in [-0.1, -0.05) is 23.8 Å². The lowest BCUT2D eigenvalue weighted by Crippen LogP contribution is -1.75. The minimum atomic E-state index is 0.700. The highest BCUT2D eigenvalue weighted by molar-refractivity contribution is 6.08. The smallest absolute Gasteiger partial charge is 0.101 e. The van der Waals surface area contributed by atoms with Gasteiger partial charge in [0.25, 0.3) is 0 Å². The number of aromatic nitrogens is 1. The Kier molecular flexibility index (Phi) is 1.75. The molecule has 0 aliphatic carbocycles. The third kappa shape index (κ3) is 1.12. The van der Waals surface area contributed by atoms with Crippen molar-refractivity contribution in [1.82, 2.24) is 4.98 Å². The lowest BCUT2D eigenvalue weighted by Gasteiger charge is -1.93. The Morgan fingerprint density at radius 2 is 2.00 bits per heavy atom. The van der Waals surface area contributed by atoms with E-state index in [9.17, 15) is 0 Å². The van der Waals surface area contributed by atoms with Gasteiger partial charge in [-0.3, -0.25) is 0 Å². The molecule has 1 aromatic heterocycles. The molecule has 0 radical (unpaired) electrons. The fourth-order valence-corrected chi connectivity index (χ4v) is 2.13. The predicted molar refractivity (Wildman–Crippen MR) is 65.3 cm³/mol. The molecule has 0 atom stereocenters. The quantitative estimate of drug-likeness (QED) is 0.600. The zero-order valence-corrected chi connectivity index (χ0v) is 8.91. The van der Waals surface area contributed by atoms with Crippen LogP contribution in [0.3, 0.4) is 0 Å². The number of hydrogen-bond donors (Lipinski definition) is 1. The number of rotatable bonds is 0. The second-order valence-electron chi connectivity index (χ2n) is 4.01. The van der Waals surface area contributed by atoms with Crippen molar-refractivity contribution in [1.29, 1.82) is 5.26 Å². The standard InChI is InChI=1S/C14H10N2/c1-9-5-6-13-12(7-9)11-4-2-3-10(8-15)14(11)16-13/h2-7,16H,1H3. The van der Waals surface area contributed by atoms with Crippen molar-refractivity contribution < 1.29 is 0 Å². The van der Waals surface area contributed by atoms with Gasteiger partial charge < -0.3 is 4.98 Å². The van der Waals surface area contributed by atoms with E-state index in [0.29, 0.717) is 5.56 Å². The maximum Gasteiger partial charge on any atom is 0.101 e. The summed E-state index contributed by atoms with van der Waals surface area (Å²) in [5.74, 6) is 0. The highest BCUT2D eigenvalue weighted by Gasteiger charge is 2.07. The average molecular weight is 206 g/mol. The van der Waals surface area contributed by atoms with Crippen LogP contribution in [0.5, 0.6) is 0 Å². The summed E-state index contributed by atoms with van der Waals surface area (Å²) in [5, 5.41) is 11.4. The normalized spacial score (nSPS) is 10.8. The van der Waals surface area contributed by atoms with E-state index < -0.39 is 0 Å². The molecule has 76 valence electrons. The summed E-state index contributed by atoms with van der Waals surface area (Å²) in [6, 6.07) is 14.3. The van der Waals surface area contributed by atoms with Gasteiger partial charge in [-0.15, -0.1) is 0 Å². The zero-order valence-electron chi connectivity index (χ0n) is 8.91. The first-order valence-corrected chi connectivity index (χ1v) is 5.21. The molecule has 0 aliphatic rings. The molecule has 0 aliphatic heterocycles. The number of nitriles is 1. The first-order chi connectivity index (χ1) is 7.79. The van der Waals surface area contributed by atoms with E-state index in [2.05, 4.69) is 42.2 Å². The van der Waals surface area contributed by atoms with E-state index in [1.54, 1.807) is 0 Å². The van der Waals surface area contributed by atoms with E-state index in [1.165, 1.54) is 10.9 Å². The van der Waals surface area contributed by atoms with E-state index in [0.717, 1.165) is 16.4 Å². The number of para-hydroxylation sites is 1. The van der Waals surface area contributed by atoms with Crippen LogP contribution in [0.4, 0.5) is 0 Å². The monoisotopic (exact) mass is 206 g/mol. The van der Waals surface area contributed by atoms with Crippen LogP contribution in [0.25, 0.3) is 21.8 Å². The fraction of sp³-hybridized carbons (Fsp3) is 0.0714. The van der Waals surface area contributed by atoms with Crippen LogP contribution in [0.15, 0.2) is 36.4 Å². The summed E-state index contributed by atoms with van der Waals surface area (Å²) < 4.78 is 0. The first-order valence-electron chi connectivity index (χ1n) is 5.21. The summed E-state index contributed by atoms with van der Waals surface area (Å²) in [6.07, 6.45) is 0.